The Kier molecular flexibility index (Phi) is 7.54. The molecular weight excluding hydrogens is 458 g/mol. The molecule has 5 rings (SSSR count). The van der Waals surface area contributed by atoms with Crippen LogP contribution in [0.1, 0.15) is 55.8 Å². The van der Waals surface area contributed by atoms with Crippen LogP contribution in [0.4, 0.5) is 4.79 Å². The lowest BCUT2D eigenvalue weighted by Crippen LogP contribution is -2.49. The van der Waals surface area contributed by atoms with Crippen LogP contribution < -0.4 is 0 Å². The van der Waals surface area contributed by atoms with Crippen LogP contribution in [0.3, 0.4) is 0 Å². The minimum Gasteiger partial charge on any atom is -0.449 e. The summed E-state index contributed by atoms with van der Waals surface area (Å²) in [5.74, 6) is 1.29. The number of methoxy groups -OCH3 is 1. The van der Waals surface area contributed by atoms with E-state index in [1.54, 1.807) is 12.0 Å². The molecule has 8 heteroatoms. The van der Waals surface area contributed by atoms with E-state index in [0.717, 1.165) is 62.0 Å². The SMILES string of the molecule is CCCOC(=O)N1C[C@@H]2C[C@@H](CC3CCOCC3OC)C[C@]2(C(=O)N2CCc3ncc(C)cc3C2)C1. The molecule has 0 radical (unpaired) electrons. The van der Waals surface area contributed by atoms with E-state index in [1.807, 2.05) is 24.9 Å². The maximum atomic E-state index is 14.3. The summed E-state index contributed by atoms with van der Waals surface area (Å²) in [5, 5.41) is 0. The summed E-state index contributed by atoms with van der Waals surface area (Å²) in [6.07, 6.45) is 7.20. The van der Waals surface area contributed by atoms with Gasteiger partial charge < -0.3 is 24.0 Å². The second-order valence-electron chi connectivity index (χ2n) is 11.4. The van der Waals surface area contributed by atoms with Crippen molar-refractivity contribution in [1.82, 2.24) is 14.8 Å². The lowest BCUT2D eigenvalue weighted by Gasteiger charge is -2.37. The van der Waals surface area contributed by atoms with E-state index in [4.69, 9.17) is 14.2 Å². The molecule has 2 amide bonds. The van der Waals surface area contributed by atoms with Gasteiger partial charge in [-0.25, -0.2) is 4.79 Å². The van der Waals surface area contributed by atoms with Crippen molar-refractivity contribution in [2.75, 3.05) is 46.6 Å². The van der Waals surface area contributed by atoms with Crippen molar-refractivity contribution in [2.24, 2.45) is 23.2 Å². The lowest BCUT2D eigenvalue weighted by molar-refractivity contribution is -0.144. The fourth-order valence-electron chi connectivity index (χ4n) is 7.18. The third-order valence-corrected chi connectivity index (χ3v) is 8.92. The molecule has 5 atom stereocenters. The number of likely N-dealkylation sites (tertiary alicyclic amines) is 1. The van der Waals surface area contributed by atoms with Gasteiger partial charge in [0.15, 0.2) is 0 Å². The van der Waals surface area contributed by atoms with Crippen LogP contribution in [0.5, 0.6) is 0 Å². The number of pyridine rings is 1. The zero-order valence-electron chi connectivity index (χ0n) is 22.0. The molecule has 4 heterocycles. The minimum absolute atomic E-state index is 0.126. The Bertz CT molecular complexity index is 971. The molecule has 1 aromatic rings. The first-order chi connectivity index (χ1) is 17.4. The number of fused-ring (bicyclic) bond motifs is 2. The van der Waals surface area contributed by atoms with Crippen molar-refractivity contribution in [3.63, 3.8) is 0 Å². The van der Waals surface area contributed by atoms with Crippen LogP contribution in [-0.4, -0.2) is 79.5 Å². The molecule has 2 unspecified atom stereocenters. The molecule has 198 valence electrons. The smallest absolute Gasteiger partial charge is 0.409 e. The van der Waals surface area contributed by atoms with E-state index < -0.39 is 5.41 Å². The highest BCUT2D eigenvalue weighted by molar-refractivity contribution is 5.85. The lowest BCUT2D eigenvalue weighted by atomic mass is 9.78. The van der Waals surface area contributed by atoms with Crippen molar-refractivity contribution >= 4 is 12.0 Å². The Labute approximate surface area is 214 Å². The Morgan fingerprint density at radius 3 is 2.97 bits per heavy atom. The molecule has 0 bridgehead atoms. The summed E-state index contributed by atoms with van der Waals surface area (Å²) < 4.78 is 16.8. The number of aromatic nitrogens is 1. The fourth-order valence-corrected chi connectivity index (χ4v) is 7.18. The molecule has 0 aromatic carbocycles. The van der Waals surface area contributed by atoms with Crippen LogP contribution in [-0.2, 0) is 32.0 Å². The quantitative estimate of drug-likeness (QED) is 0.595. The second-order valence-corrected chi connectivity index (χ2v) is 11.4. The molecule has 0 spiro atoms. The number of amides is 2. The average Bonchev–Trinajstić information content (AvgIpc) is 3.41. The normalized spacial score (nSPS) is 31.8. The fraction of sp³-hybridized carbons (Fsp3) is 0.750. The van der Waals surface area contributed by atoms with Gasteiger partial charge in [-0.1, -0.05) is 13.0 Å². The molecule has 1 aromatic heterocycles. The first kappa shape index (κ1) is 25.5. The monoisotopic (exact) mass is 499 g/mol. The summed E-state index contributed by atoms with van der Waals surface area (Å²) in [4.78, 5) is 35.6. The number of nitrogens with zero attached hydrogens (tertiary/aromatic N) is 3. The van der Waals surface area contributed by atoms with E-state index in [9.17, 15) is 9.59 Å². The highest BCUT2D eigenvalue weighted by Crippen LogP contribution is 2.54. The number of aryl methyl sites for hydroxylation is 1. The predicted molar refractivity (Wildman–Crippen MR) is 134 cm³/mol. The number of ether oxygens (including phenoxy) is 3. The first-order valence-electron chi connectivity index (χ1n) is 13.7. The van der Waals surface area contributed by atoms with Crippen molar-refractivity contribution in [3.05, 3.63) is 29.1 Å². The molecule has 1 saturated carbocycles. The van der Waals surface area contributed by atoms with E-state index in [1.165, 1.54) is 0 Å². The van der Waals surface area contributed by atoms with Gasteiger partial charge in [-0.05, 0) is 67.9 Å². The van der Waals surface area contributed by atoms with Crippen molar-refractivity contribution in [3.8, 4) is 0 Å². The summed E-state index contributed by atoms with van der Waals surface area (Å²) >= 11 is 0. The molecule has 8 nitrogen and oxygen atoms in total. The van der Waals surface area contributed by atoms with E-state index >= 15 is 0 Å². The molecular formula is C28H41N3O5. The van der Waals surface area contributed by atoms with Crippen LogP contribution in [0.25, 0.3) is 0 Å². The van der Waals surface area contributed by atoms with Crippen molar-refractivity contribution < 1.29 is 23.8 Å². The second kappa shape index (κ2) is 10.7. The number of carbonyl (C=O) groups excluding carboxylic acids is 2. The highest BCUT2D eigenvalue weighted by Gasteiger charge is 2.60. The maximum absolute atomic E-state index is 14.3. The number of rotatable bonds is 6. The third-order valence-electron chi connectivity index (χ3n) is 8.92. The molecule has 1 aliphatic carbocycles. The topological polar surface area (TPSA) is 81.2 Å². The van der Waals surface area contributed by atoms with Crippen LogP contribution in [0.15, 0.2) is 12.3 Å². The molecule has 36 heavy (non-hydrogen) atoms. The molecule has 3 fully saturated rings. The molecule has 4 aliphatic rings. The standard InChI is InChI=1S/C28H41N3O5/c1-4-8-36-27(33)31-16-23-12-20(11-21-6-9-35-17-25(21)34-3)13-28(23,18-31)26(32)30-7-5-24-22(15-30)10-19(2)14-29-24/h10,14,20-21,23,25H,4-9,11-13,15-18H2,1-3H3/t20-,21?,23+,25?,28+/m1/s1. The van der Waals surface area contributed by atoms with Gasteiger partial charge in [0.25, 0.3) is 0 Å². The minimum atomic E-state index is -0.529. The molecule has 2 saturated heterocycles. The van der Waals surface area contributed by atoms with Gasteiger partial charge in [0.2, 0.25) is 5.91 Å². The third kappa shape index (κ3) is 4.86. The zero-order valence-corrected chi connectivity index (χ0v) is 22.0. The predicted octanol–water partition coefficient (Wildman–Crippen LogP) is 3.59. The number of hydrogen-bond acceptors (Lipinski definition) is 6. The largest absolute Gasteiger partial charge is 0.449 e. The Hall–Kier alpha value is -2.19. The Balaban J connectivity index is 1.35. The van der Waals surface area contributed by atoms with E-state index in [0.29, 0.717) is 51.2 Å². The highest BCUT2D eigenvalue weighted by atomic mass is 16.6. The van der Waals surface area contributed by atoms with Crippen LogP contribution >= 0.6 is 0 Å². The maximum Gasteiger partial charge on any atom is 0.409 e. The number of carbonyl (C=O) groups is 2. The van der Waals surface area contributed by atoms with Gasteiger partial charge in [0.1, 0.15) is 0 Å². The average molecular weight is 500 g/mol. The van der Waals surface area contributed by atoms with E-state index in [2.05, 4.69) is 11.1 Å². The van der Waals surface area contributed by atoms with Crippen molar-refractivity contribution in [1.29, 1.82) is 0 Å². The van der Waals surface area contributed by atoms with Gasteiger partial charge in [-0.15, -0.1) is 0 Å². The number of hydrogen-bond donors (Lipinski definition) is 0. The van der Waals surface area contributed by atoms with Gasteiger partial charge >= 0.3 is 6.09 Å². The van der Waals surface area contributed by atoms with Gasteiger partial charge in [0, 0.05) is 58.2 Å². The molecule has 0 N–H and O–H groups in total. The molecule has 3 aliphatic heterocycles. The van der Waals surface area contributed by atoms with Gasteiger partial charge in [-0.2, -0.15) is 0 Å². The van der Waals surface area contributed by atoms with Crippen molar-refractivity contribution in [2.45, 2.75) is 65.0 Å². The summed E-state index contributed by atoms with van der Waals surface area (Å²) in [7, 11) is 1.77. The Morgan fingerprint density at radius 2 is 2.17 bits per heavy atom. The van der Waals surface area contributed by atoms with Gasteiger partial charge in [0.05, 0.1) is 24.7 Å². The summed E-state index contributed by atoms with van der Waals surface area (Å²) in [6.45, 7) is 8.26. The first-order valence-corrected chi connectivity index (χ1v) is 13.7. The van der Waals surface area contributed by atoms with Crippen LogP contribution in [0.2, 0.25) is 0 Å². The summed E-state index contributed by atoms with van der Waals surface area (Å²) in [6, 6.07) is 2.16. The Morgan fingerprint density at radius 1 is 1.31 bits per heavy atom. The van der Waals surface area contributed by atoms with Crippen LogP contribution in [0, 0.1) is 30.1 Å². The zero-order chi connectivity index (χ0) is 25.3. The summed E-state index contributed by atoms with van der Waals surface area (Å²) in [5.41, 5.74) is 2.84. The van der Waals surface area contributed by atoms with E-state index in [-0.39, 0.29) is 24.0 Å². The van der Waals surface area contributed by atoms with Gasteiger partial charge in [-0.3, -0.25) is 9.78 Å².